The Bertz CT molecular complexity index is 700. The topological polar surface area (TPSA) is 62.1 Å². The number of benzene rings is 2. The largest absolute Gasteiger partial charge is 0.493 e. The Morgan fingerprint density at radius 3 is 2.52 bits per heavy atom. The van der Waals surface area contributed by atoms with Gasteiger partial charge in [0.1, 0.15) is 5.75 Å². The Balaban J connectivity index is 2.07. The molecule has 4 nitrogen and oxygen atoms in total. The number of para-hydroxylation sites is 1. The van der Waals surface area contributed by atoms with Crippen LogP contribution in [0.25, 0.3) is 0 Å². The van der Waals surface area contributed by atoms with Crippen LogP contribution in [0.15, 0.2) is 48.5 Å². The monoisotopic (exact) mass is 308 g/mol. The van der Waals surface area contributed by atoms with Crippen LogP contribution in [0.5, 0.6) is 5.75 Å². The molecule has 0 aliphatic carbocycles. The maximum Gasteiger partial charge on any atom is 0.259 e. The van der Waals surface area contributed by atoms with Crippen molar-refractivity contribution in [1.29, 1.82) is 5.26 Å². The van der Waals surface area contributed by atoms with Gasteiger partial charge >= 0.3 is 0 Å². The molecule has 1 amide bonds. The molecule has 0 atom stereocenters. The maximum absolute atomic E-state index is 12.4. The number of nitrogens with one attached hydrogen (secondary N) is 1. The summed E-state index contributed by atoms with van der Waals surface area (Å²) in [5.74, 6) is 0.906. The molecule has 0 heterocycles. The predicted octanol–water partition coefficient (Wildman–Crippen LogP) is 4.24. The number of nitrogens with zero attached hydrogens (tertiary/aromatic N) is 1. The molecule has 0 aliphatic rings. The second-order valence-electron chi connectivity index (χ2n) is 5.67. The van der Waals surface area contributed by atoms with Gasteiger partial charge in [-0.1, -0.05) is 26.0 Å². The van der Waals surface area contributed by atoms with E-state index in [2.05, 4.69) is 19.2 Å². The summed E-state index contributed by atoms with van der Waals surface area (Å²) < 4.78 is 5.74. The van der Waals surface area contributed by atoms with Gasteiger partial charge in [-0.15, -0.1) is 0 Å². The van der Waals surface area contributed by atoms with Crippen molar-refractivity contribution in [2.75, 3.05) is 11.9 Å². The van der Waals surface area contributed by atoms with Crippen molar-refractivity contribution in [1.82, 2.24) is 0 Å². The molecule has 0 aromatic heterocycles. The molecule has 23 heavy (non-hydrogen) atoms. The van der Waals surface area contributed by atoms with E-state index in [1.807, 2.05) is 18.2 Å². The Morgan fingerprint density at radius 2 is 1.87 bits per heavy atom. The Morgan fingerprint density at radius 1 is 1.17 bits per heavy atom. The maximum atomic E-state index is 12.4. The fraction of sp³-hybridized carbons (Fsp3) is 0.263. The third-order valence-electron chi connectivity index (χ3n) is 3.36. The van der Waals surface area contributed by atoms with Crippen molar-refractivity contribution in [3.8, 4) is 11.8 Å². The normalized spacial score (nSPS) is 10.2. The van der Waals surface area contributed by atoms with Crippen molar-refractivity contribution >= 4 is 11.6 Å². The average molecular weight is 308 g/mol. The molecule has 0 saturated carbocycles. The highest BCUT2D eigenvalue weighted by Crippen LogP contribution is 2.20. The van der Waals surface area contributed by atoms with Gasteiger partial charge in [0, 0.05) is 5.69 Å². The van der Waals surface area contributed by atoms with Crippen molar-refractivity contribution in [2.45, 2.75) is 20.3 Å². The van der Waals surface area contributed by atoms with Gasteiger partial charge in [-0.3, -0.25) is 4.79 Å². The summed E-state index contributed by atoms with van der Waals surface area (Å²) in [6.07, 6.45) is 0.936. The smallest absolute Gasteiger partial charge is 0.259 e. The summed E-state index contributed by atoms with van der Waals surface area (Å²) >= 11 is 0. The van der Waals surface area contributed by atoms with Crippen LogP contribution in [0.1, 0.15) is 36.2 Å². The van der Waals surface area contributed by atoms with Gasteiger partial charge in [0.05, 0.1) is 23.8 Å². The molecule has 0 bridgehead atoms. The number of carbonyl (C=O) groups is 1. The Hall–Kier alpha value is -2.80. The Kier molecular flexibility index (Phi) is 5.76. The van der Waals surface area contributed by atoms with Gasteiger partial charge < -0.3 is 10.1 Å². The number of ether oxygens (including phenoxy) is 1. The van der Waals surface area contributed by atoms with E-state index in [4.69, 9.17) is 10.00 Å². The molecule has 0 fully saturated rings. The number of anilines is 1. The lowest BCUT2D eigenvalue weighted by atomic mass is 10.1. The van der Waals surface area contributed by atoms with Crippen LogP contribution in [-0.4, -0.2) is 12.5 Å². The van der Waals surface area contributed by atoms with E-state index in [-0.39, 0.29) is 5.91 Å². The first-order chi connectivity index (χ1) is 11.1. The highest BCUT2D eigenvalue weighted by molar-refractivity contribution is 6.06. The van der Waals surface area contributed by atoms with Crippen LogP contribution in [-0.2, 0) is 0 Å². The quantitative estimate of drug-likeness (QED) is 0.868. The molecule has 2 rings (SSSR count). The molecular formula is C19H20N2O2. The van der Waals surface area contributed by atoms with Crippen molar-refractivity contribution < 1.29 is 9.53 Å². The van der Waals surface area contributed by atoms with Gasteiger partial charge in [-0.2, -0.15) is 5.26 Å². The van der Waals surface area contributed by atoms with Crippen LogP contribution < -0.4 is 10.1 Å². The highest BCUT2D eigenvalue weighted by atomic mass is 16.5. The van der Waals surface area contributed by atoms with E-state index in [1.165, 1.54) is 0 Å². The van der Waals surface area contributed by atoms with E-state index in [0.29, 0.717) is 35.1 Å². The lowest BCUT2D eigenvalue weighted by molar-refractivity contribution is 0.102. The average Bonchev–Trinajstić information content (AvgIpc) is 2.55. The molecule has 0 saturated heterocycles. The van der Waals surface area contributed by atoms with Crippen LogP contribution in [0.4, 0.5) is 5.69 Å². The molecule has 0 radical (unpaired) electrons. The fourth-order valence-electron chi connectivity index (χ4n) is 2.01. The molecule has 4 heteroatoms. The third-order valence-corrected chi connectivity index (χ3v) is 3.36. The van der Waals surface area contributed by atoms with E-state index in [9.17, 15) is 4.79 Å². The zero-order valence-corrected chi connectivity index (χ0v) is 13.4. The van der Waals surface area contributed by atoms with Crippen molar-refractivity contribution in [2.24, 2.45) is 5.92 Å². The minimum absolute atomic E-state index is 0.227. The molecule has 2 aromatic rings. The SMILES string of the molecule is CC(C)CCOc1ccccc1C(=O)Nc1ccc(C#N)cc1. The van der Waals surface area contributed by atoms with Crippen LogP contribution in [0, 0.1) is 17.2 Å². The summed E-state index contributed by atoms with van der Waals surface area (Å²) in [5.41, 5.74) is 1.70. The Labute approximate surface area is 136 Å². The van der Waals surface area contributed by atoms with Crippen molar-refractivity contribution in [3.05, 3.63) is 59.7 Å². The lowest BCUT2D eigenvalue weighted by Crippen LogP contribution is -2.14. The third kappa shape index (κ3) is 4.86. The lowest BCUT2D eigenvalue weighted by Gasteiger charge is -2.12. The number of hydrogen-bond acceptors (Lipinski definition) is 3. The summed E-state index contributed by atoms with van der Waals surface area (Å²) in [4.78, 5) is 12.4. The van der Waals surface area contributed by atoms with E-state index >= 15 is 0 Å². The first-order valence-electron chi connectivity index (χ1n) is 7.63. The standard InChI is InChI=1S/C19H20N2O2/c1-14(2)11-12-23-18-6-4-3-5-17(18)19(22)21-16-9-7-15(13-20)8-10-16/h3-10,14H,11-12H2,1-2H3,(H,21,22). The molecule has 0 unspecified atom stereocenters. The van der Waals surface area contributed by atoms with E-state index in [1.54, 1.807) is 36.4 Å². The summed E-state index contributed by atoms with van der Waals surface area (Å²) in [5, 5.41) is 11.6. The van der Waals surface area contributed by atoms with E-state index < -0.39 is 0 Å². The summed E-state index contributed by atoms with van der Waals surface area (Å²) in [7, 11) is 0. The minimum Gasteiger partial charge on any atom is -0.493 e. The van der Waals surface area contributed by atoms with Crippen molar-refractivity contribution in [3.63, 3.8) is 0 Å². The van der Waals surface area contributed by atoms with E-state index in [0.717, 1.165) is 6.42 Å². The van der Waals surface area contributed by atoms with Gasteiger partial charge in [0.15, 0.2) is 0 Å². The number of carbonyl (C=O) groups excluding carboxylic acids is 1. The van der Waals surface area contributed by atoms with Gasteiger partial charge in [0.25, 0.3) is 5.91 Å². The predicted molar refractivity (Wildman–Crippen MR) is 90.5 cm³/mol. The summed E-state index contributed by atoms with van der Waals surface area (Å²) in [6, 6.07) is 16.0. The number of hydrogen-bond donors (Lipinski definition) is 1. The number of nitriles is 1. The molecule has 0 aliphatic heterocycles. The second-order valence-corrected chi connectivity index (χ2v) is 5.67. The molecule has 2 aromatic carbocycles. The minimum atomic E-state index is -0.227. The second kappa shape index (κ2) is 8.00. The highest BCUT2D eigenvalue weighted by Gasteiger charge is 2.12. The van der Waals surface area contributed by atoms with Gasteiger partial charge in [-0.05, 0) is 48.7 Å². The number of rotatable bonds is 6. The molecular weight excluding hydrogens is 288 g/mol. The van der Waals surface area contributed by atoms with Crippen LogP contribution >= 0.6 is 0 Å². The molecule has 1 N–H and O–H groups in total. The van der Waals surface area contributed by atoms with Crippen LogP contribution in [0.3, 0.4) is 0 Å². The first-order valence-corrected chi connectivity index (χ1v) is 7.63. The van der Waals surface area contributed by atoms with Gasteiger partial charge in [-0.25, -0.2) is 0 Å². The van der Waals surface area contributed by atoms with Crippen LogP contribution in [0.2, 0.25) is 0 Å². The molecule has 0 spiro atoms. The fourth-order valence-corrected chi connectivity index (χ4v) is 2.01. The number of amides is 1. The van der Waals surface area contributed by atoms with Gasteiger partial charge in [0.2, 0.25) is 0 Å². The summed E-state index contributed by atoms with van der Waals surface area (Å²) in [6.45, 7) is 4.85. The first kappa shape index (κ1) is 16.6. The zero-order valence-electron chi connectivity index (χ0n) is 13.4. The zero-order chi connectivity index (χ0) is 16.7. The molecule has 118 valence electrons.